The molecule has 0 bridgehead atoms. The predicted octanol–water partition coefficient (Wildman–Crippen LogP) is 5.08. The van der Waals surface area contributed by atoms with E-state index in [9.17, 15) is 9.59 Å². The van der Waals surface area contributed by atoms with Crippen molar-refractivity contribution in [2.75, 3.05) is 6.54 Å². The van der Waals surface area contributed by atoms with Gasteiger partial charge in [-0.25, -0.2) is 9.67 Å². The van der Waals surface area contributed by atoms with Crippen molar-refractivity contribution in [2.24, 2.45) is 0 Å². The number of hydrogen-bond donors (Lipinski definition) is 1. The fourth-order valence-corrected chi connectivity index (χ4v) is 4.42. The Morgan fingerprint density at radius 1 is 1.06 bits per heavy atom. The number of hydrogen-bond acceptors (Lipinski definition) is 5. The second kappa shape index (κ2) is 9.65. The highest BCUT2D eigenvalue weighted by Gasteiger charge is 2.14. The molecule has 0 saturated carbocycles. The summed E-state index contributed by atoms with van der Waals surface area (Å²) in [6, 6.07) is 17.7. The predicted molar refractivity (Wildman–Crippen MR) is 129 cm³/mol. The Kier molecular flexibility index (Phi) is 6.69. The summed E-state index contributed by atoms with van der Waals surface area (Å²) in [7, 11) is 0. The van der Waals surface area contributed by atoms with Crippen LogP contribution in [0.3, 0.4) is 0 Å². The maximum atomic E-state index is 12.3. The molecule has 4 aromatic rings. The molecule has 0 aliphatic heterocycles. The molecule has 0 spiro atoms. The number of carbonyl (C=O) groups is 1. The van der Waals surface area contributed by atoms with Gasteiger partial charge in [0.05, 0.1) is 27.2 Å². The van der Waals surface area contributed by atoms with Gasteiger partial charge in [-0.3, -0.25) is 9.59 Å². The zero-order valence-corrected chi connectivity index (χ0v) is 19.3. The van der Waals surface area contributed by atoms with E-state index in [1.54, 1.807) is 18.2 Å². The quantitative estimate of drug-likeness (QED) is 0.413. The molecule has 2 aromatic heterocycles. The van der Waals surface area contributed by atoms with Gasteiger partial charge in [0.15, 0.2) is 0 Å². The Balaban J connectivity index is 1.49. The molecule has 0 aliphatic rings. The summed E-state index contributed by atoms with van der Waals surface area (Å²) >= 11 is 13.4. The first-order chi connectivity index (χ1) is 15.4. The van der Waals surface area contributed by atoms with Crippen LogP contribution in [0.2, 0.25) is 10.0 Å². The van der Waals surface area contributed by atoms with Crippen LogP contribution in [0.5, 0.6) is 0 Å². The number of nitrogens with one attached hydrogen (secondary N) is 1. The van der Waals surface area contributed by atoms with Crippen molar-refractivity contribution in [3.05, 3.63) is 92.3 Å². The maximum absolute atomic E-state index is 12.3. The van der Waals surface area contributed by atoms with Gasteiger partial charge < -0.3 is 5.32 Å². The molecule has 2 heterocycles. The molecular formula is C23H18Cl2N4O2S. The van der Waals surface area contributed by atoms with Gasteiger partial charge in [-0.2, -0.15) is 5.10 Å². The minimum Gasteiger partial charge on any atom is -0.350 e. The summed E-state index contributed by atoms with van der Waals surface area (Å²) in [5.41, 5.74) is 2.69. The summed E-state index contributed by atoms with van der Waals surface area (Å²) in [6.07, 6.45) is 0. The van der Waals surface area contributed by atoms with Gasteiger partial charge in [-0.15, -0.1) is 11.3 Å². The van der Waals surface area contributed by atoms with Crippen LogP contribution >= 0.6 is 34.5 Å². The number of thiazole rings is 1. The summed E-state index contributed by atoms with van der Waals surface area (Å²) < 4.78 is 1.34. The molecule has 0 saturated heterocycles. The number of aromatic nitrogens is 3. The first kappa shape index (κ1) is 22.2. The van der Waals surface area contributed by atoms with Crippen molar-refractivity contribution >= 4 is 40.4 Å². The fourth-order valence-electron chi connectivity index (χ4n) is 3.08. The van der Waals surface area contributed by atoms with E-state index in [0.29, 0.717) is 21.3 Å². The van der Waals surface area contributed by atoms with Gasteiger partial charge in [-0.1, -0.05) is 53.5 Å². The molecule has 9 heteroatoms. The lowest BCUT2D eigenvalue weighted by Gasteiger charge is -2.08. The third-order valence-corrected chi connectivity index (χ3v) is 6.68. The summed E-state index contributed by atoms with van der Waals surface area (Å²) in [6.45, 7) is 2.38. The number of rotatable bonds is 6. The van der Waals surface area contributed by atoms with E-state index in [1.807, 2.05) is 37.3 Å². The van der Waals surface area contributed by atoms with Crippen LogP contribution in [0.15, 0.2) is 65.5 Å². The number of carbonyl (C=O) groups excluding carboxylic acids is 1. The molecule has 0 aliphatic carbocycles. The van der Waals surface area contributed by atoms with Gasteiger partial charge in [0.25, 0.3) is 11.5 Å². The van der Waals surface area contributed by atoms with Gasteiger partial charge in [0, 0.05) is 23.7 Å². The molecule has 162 valence electrons. The highest BCUT2D eigenvalue weighted by molar-refractivity contribution is 7.18. The molecule has 1 amide bonds. The van der Waals surface area contributed by atoms with Crippen LogP contribution in [0.25, 0.3) is 21.1 Å². The van der Waals surface area contributed by atoms with Crippen LogP contribution in [-0.2, 0) is 6.54 Å². The number of benzene rings is 2. The zero-order chi connectivity index (χ0) is 22.7. The topological polar surface area (TPSA) is 76.9 Å². The van der Waals surface area contributed by atoms with Crippen LogP contribution in [0.1, 0.15) is 16.1 Å². The summed E-state index contributed by atoms with van der Waals surface area (Å²) in [5, 5.41) is 8.84. The van der Waals surface area contributed by atoms with E-state index in [1.165, 1.54) is 28.2 Å². The van der Waals surface area contributed by atoms with Gasteiger partial charge in [0.1, 0.15) is 10.7 Å². The normalized spacial score (nSPS) is 10.8. The Bertz CT molecular complexity index is 1340. The van der Waals surface area contributed by atoms with Crippen molar-refractivity contribution < 1.29 is 4.79 Å². The van der Waals surface area contributed by atoms with Gasteiger partial charge in [-0.05, 0) is 31.2 Å². The number of nitrogens with zero attached hydrogens (tertiary/aromatic N) is 3. The molecule has 0 radical (unpaired) electrons. The largest absolute Gasteiger partial charge is 0.350 e. The maximum Gasteiger partial charge on any atom is 0.266 e. The molecule has 0 unspecified atom stereocenters. The van der Waals surface area contributed by atoms with Crippen molar-refractivity contribution in [3.8, 4) is 21.1 Å². The summed E-state index contributed by atoms with van der Waals surface area (Å²) in [5.74, 6) is -0.307. The van der Waals surface area contributed by atoms with E-state index in [4.69, 9.17) is 23.2 Å². The lowest BCUT2D eigenvalue weighted by molar-refractivity contribution is 0.0951. The highest BCUT2D eigenvalue weighted by Crippen LogP contribution is 2.33. The van der Waals surface area contributed by atoms with Crippen molar-refractivity contribution in [1.29, 1.82) is 0 Å². The lowest BCUT2D eigenvalue weighted by Crippen LogP contribution is -2.31. The van der Waals surface area contributed by atoms with Crippen LogP contribution in [0, 0.1) is 6.92 Å². The smallest absolute Gasteiger partial charge is 0.266 e. The lowest BCUT2D eigenvalue weighted by atomic mass is 10.2. The molecule has 0 fully saturated rings. The number of halogens is 2. The Hall–Kier alpha value is -3.00. The Morgan fingerprint density at radius 3 is 2.59 bits per heavy atom. The van der Waals surface area contributed by atoms with Crippen LogP contribution < -0.4 is 10.9 Å². The minimum atomic E-state index is -0.307. The molecule has 32 heavy (non-hydrogen) atoms. The van der Waals surface area contributed by atoms with Gasteiger partial charge in [0.2, 0.25) is 0 Å². The third-order valence-electron chi connectivity index (χ3n) is 4.71. The Morgan fingerprint density at radius 2 is 1.84 bits per heavy atom. The molecular weight excluding hydrogens is 467 g/mol. The Labute approximate surface area is 198 Å². The standard InChI is InChI=1S/C23H18Cl2N4O2S/c1-14-21(32-23(27-14)15-5-3-2-4-6-15)19-9-10-20(30)29(28-19)12-11-26-22(31)16-7-8-17(24)18(25)13-16/h2-10,13H,11-12H2,1H3,(H,26,31). The molecule has 6 nitrogen and oxygen atoms in total. The van der Waals surface area contributed by atoms with E-state index in [-0.39, 0.29) is 24.6 Å². The third kappa shape index (κ3) is 4.91. The first-order valence-electron chi connectivity index (χ1n) is 9.77. The van der Waals surface area contributed by atoms with Crippen molar-refractivity contribution in [3.63, 3.8) is 0 Å². The second-order valence-electron chi connectivity index (χ2n) is 6.96. The van der Waals surface area contributed by atoms with E-state index in [0.717, 1.165) is 21.1 Å². The molecule has 0 atom stereocenters. The van der Waals surface area contributed by atoms with Gasteiger partial charge >= 0.3 is 0 Å². The van der Waals surface area contributed by atoms with Crippen molar-refractivity contribution in [1.82, 2.24) is 20.1 Å². The number of aryl methyl sites for hydroxylation is 1. The average molecular weight is 485 g/mol. The van der Waals surface area contributed by atoms with Crippen LogP contribution in [-0.4, -0.2) is 27.2 Å². The molecule has 2 aromatic carbocycles. The average Bonchev–Trinajstić information content (AvgIpc) is 3.19. The molecule has 1 N–H and O–H groups in total. The van der Waals surface area contributed by atoms with E-state index in [2.05, 4.69) is 15.4 Å². The zero-order valence-electron chi connectivity index (χ0n) is 17.0. The molecule has 4 rings (SSSR count). The van der Waals surface area contributed by atoms with Crippen molar-refractivity contribution in [2.45, 2.75) is 13.5 Å². The van der Waals surface area contributed by atoms with E-state index >= 15 is 0 Å². The minimum absolute atomic E-state index is 0.225. The SMILES string of the molecule is Cc1nc(-c2ccccc2)sc1-c1ccc(=O)n(CCNC(=O)c2ccc(Cl)c(Cl)c2)n1. The van der Waals surface area contributed by atoms with Crippen LogP contribution in [0.4, 0.5) is 0 Å². The van der Waals surface area contributed by atoms with E-state index < -0.39 is 0 Å². The highest BCUT2D eigenvalue weighted by atomic mass is 35.5. The fraction of sp³-hybridized carbons (Fsp3) is 0.130. The monoisotopic (exact) mass is 484 g/mol. The second-order valence-corrected chi connectivity index (χ2v) is 8.78. The first-order valence-corrected chi connectivity index (χ1v) is 11.3. The summed E-state index contributed by atoms with van der Waals surface area (Å²) in [4.78, 5) is 30.2. The number of amides is 1.